The van der Waals surface area contributed by atoms with Crippen molar-refractivity contribution in [1.29, 1.82) is 0 Å². The number of nitrogens with one attached hydrogen (secondary N) is 1. The Morgan fingerprint density at radius 3 is 2.23 bits per heavy atom. The van der Waals surface area contributed by atoms with Crippen molar-refractivity contribution in [2.45, 2.75) is 11.7 Å². The van der Waals surface area contributed by atoms with Crippen LogP contribution in [0.3, 0.4) is 0 Å². The summed E-state index contributed by atoms with van der Waals surface area (Å²) < 4.78 is 1.80. The molecule has 0 radical (unpaired) electrons. The van der Waals surface area contributed by atoms with Gasteiger partial charge in [-0.25, -0.2) is 4.90 Å². The number of imide groups is 1. The van der Waals surface area contributed by atoms with Gasteiger partial charge in [-0.15, -0.1) is 11.8 Å². The zero-order valence-corrected chi connectivity index (χ0v) is 17.4. The molecule has 1 heterocycles. The maximum Gasteiger partial charge on any atom is 0.247 e. The van der Waals surface area contributed by atoms with Gasteiger partial charge in [-0.05, 0) is 48.5 Å². The normalized spacial score (nSPS) is 16.8. The van der Waals surface area contributed by atoms with Crippen LogP contribution in [0.2, 0.25) is 0 Å². The number of rotatable bonds is 5. The standard InChI is InChI=1S/C18H14Br2N2O3S/c19-11-1-5-13(6-2-11)21-16(23)10-26-15-9-17(24)22(18(15)25)14-7-3-12(20)4-8-14/h1-8,15H,9-10H2,(H,21,23)/t15-/m0/s1. The van der Waals surface area contributed by atoms with Crippen molar-refractivity contribution in [2.24, 2.45) is 0 Å². The van der Waals surface area contributed by atoms with Gasteiger partial charge in [0.15, 0.2) is 0 Å². The topological polar surface area (TPSA) is 66.5 Å². The molecule has 0 saturated carbocycles. The molecule has 0 unspecified atom stereocenters. The molecule has 1 atom stereocenters. The highest BCUT2D eigenvalue weighted by Crippen LogP contribution is 2.30. The Morgan fingerprint density at radius 1 is 1.04 bits per heavy atom. The Morgan fingerprint density at radius 2 is 1.62 bits per heavy atom. The van der Waals surface area contributed by atoms with Gasteiger partial charge in [0.25, 0.3) is 0 Å². The van der Waals surface area contributed by atoms with E-state index in [1.807, 2.05) is 12.1 Å². The third-order valence-electron chi connectivity index (χ3n) is 3.73. The van der Waals surface area contributed by atoms with Gasteiger partial charge < -0.3 is 5.32 Å². The van der Waals surface area contributed by atoms with Gasteiger partial charge in [-0.1, -0.05) is 31.9 Å². The Hall–Kier alpha value is -1.64. The summed E-state index contributed by atoms with van der Waals surface area (Å²) in [6.07, 6.45) is 0.102. The van der Waals surface area contributed by atoms with Crippen LogP contribution in [0.5, 0.6) is 0 Å². The van der Waals surface area contributed by atoms with E-state index in [4.69, 9.17) is 0 Å². The summed E-state index contributed by atoms with van der Waals surface area (Å²) in [5, 5.41) is 2.23. The van der Waals surface area contributed by atoms with Crippen molar-refractivity contribution < 1.29 is 14.4 Å². The van der Waals surface area contributed by atoms with E-state index in [0.717, 1.165) is 8.95 Å². The first-order valence-corrected chi connectivity index (χ1v) is 10.4. The van der Waals surface area contributed by atoms with E-state index in [-0.39, 0.29) is 29.9 Å². The van der Waals surface area contributed by atoms with Crippen LogP contribution in [0, 0.1) is 0 Å². The van der Waals surface area contributed by atoms with Crippen molar-refractivity contribution in [3.8, 4) is 0 Å². The van der Waals surface area contributed by atoms with Crippen LogP contribution in [0.4, 0.5) is 11.4 Å². The first-order valence-electron chi connectivity index (χ1n) is 7.73. The summed E-state index contributed by atoms with van der Waals surface area (Å²) in [6, 6.07) is 14.2. The van der Waals surface area contributed by atoms with Gasteiger partial charge in [-0.3, -0.25) is 14.4 Å². The van der Waals surface area contributed by atoms with E-state index in [1.54, 1.807) is 36.4 Å². The largest absolute Gasteiger partial charge is 0.325 e. The fraction of sp³-hybridized carbons (Fsp3) is 0.167. The summed E-state index contributed by atoms with van der Waals surface area (Å²) in [7, 11) is 0. The van der Waals surface area contributed by atoms with Crippen molar-refractivity contribution in [3.05, 3.63) is 57.5 Å². The third kappa shape index (κ3) is 4.55. The molecule has 2 aromatic carbocycles. The second kappa shape index (κ2) is 8.37. The van der Waals surface area contributed by atoms with Crippen LogP contribution < -0.4 is 10.2 Å². The highest BCUT2D eigenvalue weighted by molar-refractivity contribution is 9.10. The molecule has 2 aromatic rings. The van der Waals surface area contributed by atoms with E-state index in [1.165, 1.54) is 16.7 Å². The second-order valence-corrected chi connectivity index (χ2v) is 8.63. The molecule has 0 aliphatic carbocycles. The molecule has 26 heavy (non-hydrogen) atoms. The molecular formula is C18H14Br2N2O3S. The van der Waals surface area contributed by atoms with Crippen LogP contribution in [0.25, 0.3) is 0 Å². The Bertz CT molecular complexity index is 841. The number of hydrogen-bond donors (Lipinski definition) is 1. The average molecular weight is 498 g/mol. The number of benzene rings is 2. The smallest absolute Gasteiger partial charge is 0.247 e. The van der Waals surface area contributed by atoms with Crippen LogP contribution in [-0.4, -0.2) is 28.7 Å². The van der Waals surface area contributed by atoms with Gasteiger partial charge in [0.2, 0.25) is 17.7 Å². The van der Waals surface area contributed by atoms with Gasteiger partial charge in [0.05, 0.1) is 16.7 Å². The molecule has 1 aliphatic heterocycles. The first kappa shape index (κ1) is 19.1. The summed E-state index contributed by atoms with van der Waals surface area (Å²) >= 11 is 7.85. The number of halogens is 2. The summed E-state index contributed by atoms with van der Waals surface area (Å²) in [5.74, 6) is -0.630. The van der Waals surface area contributed by atoms with Gasteiger partial charge >= 0.3 is 0 Å². The number of anilines is 2. The van der Waals surface area contributed by atoms with Crippen molar-refractivity contribution in [2.75, 3.05) is 16.0 Å². The maximum atomic E-state index is 12.5. The van der Waals surface area contributed by atoms with Crippen LogP contribution in [0.15, 0.2) is 57.5 Å². The SMILES string of the molecule is O=C(CS[C@H]1CC(=O)N(c2ccc(Br)cc2)C1=O)Nc1ccc(Br)cc1. The fourth-order valence-corrected chi connectivity index (χ4v) is 3.96. The average Bonchev–Trinajstić information content (AvgIpc) is 2.90. The molecule has 3 amide bonds. The molecule has 0 aromatic heterocycles. The molecule has 1 aliphatic rings. The molecular weight excluding hydrogens is 484 g/mol. The van der Waals surface area contributed by atoms with Crippen LogP contribution in [-0.2, 0) is 14.4 Å². The lowest BCUT2D eigenvalue weighted by Crippen LogP contribution is -2.31. The maximum absolute atomic E-state index is 12.5. The molecule has 1 saturated heterocycles. The van der Waals surface area contributed by atoms with Gasteiger partial charge in [0.1, 0.15) is 0 Å². The lowest BCUT2D eigenvalue weighted by Gasteiger charge is -2.15. The van der Waals surface area contributed by atoms with Crippen molar-refractivity contribution in [1.82, 2.24) is 0 Å². The number of thioether (sulfide) groups is 1. The zero-order valence-electron chi connectivity index (χ0n) is 13.4. The Labute approximate surface area is 171 Å². The summed E-state index contributed by atoms with van der Waals surface area (Å²) in [4.78, 5) is 38.0. The monoisotopic (exact) mass is 496 g/mol. The Balaban J connectivity index is 1.57. The molecule has 8 heteroatoms. The zero-order chi connectivity index (χ0) is 18.7. The molecule has 1 N–H and O–H groups in total. The molecule has 3 rings (SSSR count). The minimum Gasteiger partial charge on any atom is -0.325 e. The highest BCUT2D eigenvalue weighted by Gasteiger charge is 2.40. The van der Waals surface area contributed by atoms with E-state index in [0.29, 0.717) is 11.4 Å². The fourth-order valence-electron chi connectivity index (χ4n) is 2.50. The minimum absolute atomic E-state index is 0.102. The van der Waals surface area contributed by atoms with Crippen LogP contribution >= 0.6 is 43.6 Å². The Kier molecular flexibility index (Phi) is 6.16. The molecule has 0 spiro atoms. The minimum atomic E-state index is -0.540. The van der Waals surface area contributed by atoms with E-state index < -0.39 is 5.25 Å². The summed E-state index contributed by atoms with van der Waals surface area (Å²) in [6.45, 7) is 0. The van der Waals surface area contributed by atoms with Gasteiger partial charge in [-0.2, -0.15) is 0 Å². The van der Waals surface area contributed by atoms with E-state index in [9.17, 15) is 14.4 Å². The van der Waals surface area contributed by atoms with E-state index >= 15 is 0 Å². The number of carbonyl (C=O) groups excluding carboxylic acids is 3. The highest BCUT2D eigenvalue weighted by atomic mass is 79.9. The van der Waals surface area contributed by atoms with Crippen molar-refractivity contribution in [3.63, 3.8) is 0 Å². The predicted octanol–water partition coefficient (Wildman–Crippen LogP) is 4.22. The lowest BCUT2D eigenvalue weighted by molar-refractivity contribution is -0.121. The quantitative estimate of drug-likeness (QED) is 0.628. The van der Waals surface area contributed by atoms with Crippen molar-refractivity contribution >= 4 is 72.7 Å². The summed E-state index contributed by atoms with van der Waals surface area (Å²) in [5.41, 5.74) is 1.23. The van der Waals surface area contributed by atoms with Gasteiger partial charge in [0, 0.05) is 21.1 Å². The molecule has 134 valence electrons. The predicted molar refractivity (Wildman–Crippen MR) is 110 cm³/mol. The number of hydrogen-bond acceptors (Lipinski definition) is 4. The van der Waals surface area contributed by atoms with E-state index in [2.05, 4.69) is 37.2 Å². The first-order chi connectivity index (χ1) is 12.4. The number of carbonyl (C=O) groups is 3. The molecule has 1 fully saturated rings. The number of amides is 3. The lowest BCUT2D eigenvalue weighted by atomic mass is 10.3. The van der Waals surface area contributed by atoms with Crippen LogP contribution in [0.1, 0.15) is 6.42 Å². The third-order valence-corrected chi connectivity index (χ3v) is 5.99. The number of nitrogens with zero attached hydrogens (tertiary/aromatic N) is 1. The molecule has 5 nitrogen and oxygen atoms in total. The molecule has 0 bridgehead atoms. The second-order valence-electron chi connectivity index (χ2n) is 5.60.